The van der Waals surface area contributed by atoms with Gasteiger partial charge in [-0.25, -0.2) is 4.39 Å². The molecule has 0 heterocycles. The van der Waals surface area contributed by atoms with Crippen LogP contribution in [0, 0.1) is 12.7 Å². The number of carbonyl (C=O) groups excluding carboxylic acids is 2. The molecule has 31 heavy (non-hydrogen) atoms. The smallest absolute Gasteiger partial charge is 0.261 e. The second-order valence-electron chi connectivity index (χ2n) is 8.17. The Kier molecular flexibility index (Phi) is 8.04. The van der Waals surface area contributed by atoms with Crippen LogP contribution in [0.5, 0.6) is 5.75 Å². The van der Waals surface area contributed by atoms with Crippen LogP contribution in [-0.4, -0.2) is 35.4 Å². The molecule has 2 amide bonds. The summed E-state index contributed by atoms with van der Waals surface area (Å²) in [5.41, 5.74) is 2.05. The zero-order chi connectivity index (χ0) is 22.2. The Hall–Kier alpha value is -2.89. The van der Waals surface area contributed by atoms with Gasteiger partial charge >= 0.3 is 0 Å². The van der Waals surface area contributed by atoms with E-state index in [1.807, 2.05) is 38.1 Å². The van der Waals surface area contributed by atoms with Crippen molar-refractivity contribution in [3.8, 4) is 5.75 Å². The van der Waals surface area contributed by atoms with Crippen molar-refractivity contribution in [1.29, 1.82) is 0 Å². The molecule has 1 saturated carbocycles. The summed E-state index contributed by atoms with van der Waals surface area (Å²) in [7, 11) is 0. The van der Waals surface area contributed by atoms with E-state index in [0.717, 1.165) is 36.8 Å². The van der Waals surface area contributed by atoms with Crippen molar-refractivity contribution < 1.29 is 18.7 Å². The fourth-order valence-corrected chi connectivity index (χ4v) is 4.05. The third kappa shape index (κ3) is 6.54. The number of amides is 2. The van der Waals surface area contributed by atoms with Crippen LogP contribution in [0.25, 0.3) is 0 Å². The molecule has 0 aromatic heterocycles. The number of nitrogens with one attached hydrogen (secondary N) is 1. The molecule has 0 saturated heterocycles. The molecule has 1 aliphatic carbocycles. The zero-order valence-electron chi connectivity index (χ0n) is 18.3. The fraction of sp³-hybridized carbons (Fsp3) is 0.440. The zero-order valence-corrected chi connectivity index (χ0v) is 18.3. The molecule has 2 aromatic rings. The van der Waals surface area contributed by atoms with Gasteiger partial charge in [0, 0.05) is 12.6 Å². The normalized spacial score (nSPS) is 14.8. The van der Waals surface area contributed by atoms with Crippen molar-refractivity contribution in [3.05, 3.63) is 65.5 Å². The molecular weight excluding hydrogens is 395 g/mol. The summed E-state index contributed by atoms with van der Waals surface area (Å²) >= 11 is 0. The Morgan fingerprint density at radius 2 is 1.87 bits per heavy atom. The van der Waals surface area contributed by atoms with Gasteiger partial charge in [-0.05, 0) is 56.0 Å². The second-order valence-corrected chi connectivity index (χ2v) is 8.17. The standard InChI is InChI=1S/C25H31FN2O3/c1-3-23(25(30)27-21-9-4-5-10-21)28(16-19-8-6-7-18(2)15-19)24(29)17-31-22-13-11-20(26)12-14-22/h6-8,11-15,21,23H,3-5,9-10,16-17H2,1-2H3,(H,27,30)/t23-/m1/s1. The summed E-state index contributed by atoms with van der Waals surface area (Å²) in [6.07, 6.45) is 4.73. The summed E-state index contributed by atoms with van der Waals surface area (Å²) in [5.74, 6) is -0.348. The molecule has 1 atom stereocenters. The van der Waals surface area contributed by atoms with Gasteiger partial charge < -0.3 is 15.0 Å². The fourth-order valence-electron chi connectivity index (χ4n) is 4.05. The van der Waals surface area contributed by atoms with Crippen molar-refractivity contribution >= 4 is 11.8 Å². The lowest BCUT2D eigenvalue weighted by atomic mass is 10.1. The predicted octanol–water partition coefficient (Wildman–Crippen LogP) is 4.38. The topological polar surface area (TPSA) is 58.6 Å². The van der Waals surface area contributed by atoms with E-state index in [1.165, 1.54) is 24.3 Å². The number of hydrogen-bond acceptors (Lipinski definition) is 3. The second kappa shape index (κ2) is 10.9. The van der Waals surface area contributed by atoms with Gasteiger partial charge in [0.25, 0.3) is 5.91 Å². The number of nitrogens with zero attached hydrogens (tertiary/aromatic N) is 1. The van der Waals surface area contributed by atoms with Crippen molar-refractivity contribution in [2.24, 2.45) is 0 Å². The lowest BCUT2D eigenvalue weighted by Crippen LogP contribution is -2.52. The first-order chi connectivity index (χ1) is 15.0. The molecule has 2 aromatic carbocycles. The molecule has 0 radical (unpaired) electrons. The highest BCUT2D eigenvalue weighted by molar-refractivity contribution is 5.88. The number of halogens is 1. The summed E-state index contributed by atoms with van der Waals surface area (Å²) in [5, 5.41) is 3.13. The van der Waals surface area contributed by atoms with Gasteiger partial charge in [-0.1, -0.05) is 49.6 Å². The Morgan fingerprint density at radius 1 is 1.16 bits per heavy atom. The Morgan fingerprint density at radius 3 is 2.52 bits per heavy atom. The third-order valence-electron chi connectivity index (χ3n) is 5.70. The Bertz CT molecular complexity index is 879. The minimum atomic E-state index is -0.578. The highest BCUT2D eigenvalue weighted by Crippen LogP contribution is 2.20. The molecule has 1 fully saturated rings. The maximum absolute atomic E-state index is 13.2. The minimum Gasteiger partial charge on any atom is -0.484 e. The molecule has 1 aliphatic rings. The lowest BCUT2D eigenvalue weighted by molar-refractivity contribution is -0.143. The van der Waals surface area contributed by atoms with E-state index >= 15 is 0 Å². The van der Waals surface area contributed by atoms with Crippen LogP contribution in [-0.2, 0) is 16.1 Å². The van der Waals surface area contributed by atoms with E-state index < -0.39 is 6.04 Å². The Balaban J connectivity index is 1.75. The monoisotopic (exact) mass is 426 g/mol. The van der Waals surface area contributed by atoms with E-state index in [2.05, 4.69) is 5.32 Å². The minimum absolute atomic E-state index is 0.114. The van der Waals surface area contributed by atoms with Crippen molar-refractivity contribution in [2.45, 2.75) is 64.6 Å². The van der Waals surface area contributed by atoms with Gasteiger partial charge in [-0.3, -0.25) is 9.59 Å². The molecule has 5 nitrogen and oxygen atoms in total. The SMILES string of the molecule is CC[C@H](C(=O)NC1CCCC1)N(Cc1cccc(C)c1)C(=O)COc1ccc(F)cc1. The van der Waals surface area contributed by atoms with E-state index in [1.54, 1.807) is 4.90 Å². The van der Waals surface area contributed by atoms with Gasteiger partial charge in [-0.2, -0.15) is 0 Å². The maximum Gasteiger partial charge on any atom is 0.261 e. The first-order valence-corrected chi connectivity index (χ1v) is 11.0. The van der Waals surface area contributed by atoms with Crippen LogP contribution in [0.2, 0.25) is 0 Å². The van der Waals surface area contributed by atoms with Crippen LogP contribution in [0.15, 0.2) is 48.5 Å². The molecule has 3 rings (SSSR count). The van der Waals surface area contributed by atoms with Gasteiger partial charge in [0.15, 0.2) is 6.61 Å². The molecule has 166 valence electrons. The lowest BCUT2D eigenvalue weighted by Gasteiger charge is -2.31. The molecule has 6 heteroatoms. The van der Waals surface area contributed by atoms with Crippen LogP contribution < -0.4 is 10.1 Å². The molecule has 0 bridgehead atoms. The van der Waals surface area contributed by atoms with Gasteiger partial charge in [0.1, 0.15) is 17.6 Å². The average Bonchev–Trinajstić information content (AvgIpc) is 3.26. The number of carbonyl (C=O) groups is 2. The molecule has 0 spiro atoms. The van der Waals surface area contributed by atoms with Crippen LogP contribution in [0.4, 0.5) is 4.39 Å². The summed E-state index contributed by atoms with van der Waals surface area (Å²) in [6, 6.07) is 13.1. The van der Waals surface area contributed by atoms with E-state index in [0.29, 0.717) is 18.7 Å². The van der Waals surface area contributed by atoms with E-state index in [-0.39, 0.29) is 30.3 Å². The van der Waals surface area contributed by atoms with Crippen LogP contribution in [0.3, 0.4) is 0 Å². The van der Waals surface area contributed by atoms with Gasteiger partial charge in [-0.15, -0.1) is 0 Å². The van der Waals surface area contributed by atoms with Crippen molar-refractivity contribution in [1.82, 2.24) is 10.2 Å². The van der Waals surface area contributed by atoms with Gasteiger partial charge in [0.05, 0.1) is 0 Å². The first-order valence-electron chi connectivity index (χ1n) is 11.0. The highest BCUT2D eigenvalue weighted by atomic mass is 19.1. The van der Waals surface area contributed by atoms with Crippen LogP contribution >= 0.6 is 0 Å². The number of ether oxygens (including phenoxy) is 1. The summed E-state index contributed by atoms with van der Waals surface area (Å²) in [4.78, 5) is 27.8. The van der Waals surface area contributed by atoms with E-state index in [9.17, 15) is 14.0 Å². The molecule has 0 aliphatic heterocycles. The summed E-state index contributed by atoms with van der Waals surface area (Å²) < 4.78 is 18.7. The van der Waals surface area contributed by atoms with Crippen molar-refractivity contribution in [2.75, 3.05) is 6.61 Å². The largest absolute Gasteiger partial charge is 0.484 e. The van der Waals surface area contributed by atoms with Crippen molar-refractivity contribution in [3.63, 3.8) is 0 Å². The first kappa shape index (κ1) is 22.8. The molecule has 0 unspecified atom stereocenters. The average molecular weight is 427 g/mol. The highest BCUT2D eigenvalue weighted by Gasteiger charge is 2.30. The Labute approximate surface area is 183 Å². The third-order valence-corrected chi connectivity index (χ3v) is 5.70. The number of benzene rings is 2. The van der Waals surface area contributed by atoms with Gasteiger partial charge in [0.2, 0.25) is 5.91 Å². The quantitative estimate of drug-likeness (QED) is 0.647. The molecular formula is C25H31FN2O3. The molecule has 1 N–H and O–H groups in total. The maximum atomic E-state index is 13.2. The number of rotatable bonds is 9. The van der Waals surface area contributed by atoms with E-state index in [4.69, 9.17) is 4.74 Å². The predicted molar refractivity (Wildman–Crippen MR) is 118 cm³/mol. The summed E-state index contributed by atoms with van der Waals surface area (Å²) in [6.45, 7) is 4.02. The van der Waals surface area contributed by atoms with Crippen LogP contribution in [0.1, 0.15) is 50.2 Å². The number of aryl methyl sites for hydroxylation is 1. The number of hydrogen-bond donors (Lipinski definition) is 1.